The summed E-state index contributed by atoms with van der Waals surface area (Å²) >= 11 is 0. The molecule has 5 heteroatoms. The highest BCUT2D eigenvalue weighted by molar-refractivity contribution is 7.89. The molecule has 4 nitrogen and oxygen atoms in total. The minimum absolute atomic E-state index is 0.0589. The molecule has 96 valence electrons. The summed E-state index contributed by atoms with van der Waals surface area (Å²) in [7, 11) is -1.45. The molecule has 0 unspecified atom stereocenters. The summed E-state index contributed by atoms with van der Waals surface area (Å²) < 4.78 is 25.2. The highest BCUT2D eigenvalue weighted by Gasteiger charge is 2.32. The van der Waals surface area contributed by atoms with Gasteiger partial charge in [-0.25, -0.2) is 12.7 Å². The van der Waals surface area contributed by atoms with Crippen molar-refractivity contribution in [3.63, 3.8) is 0 Å². The summed E-state index contributed by atoms with van der Waals surface area (Å²) in [5, 5.41) is 0. The van der Waals surface area contributed by atoms with Crippen molar-refractivity contribution in [2.45, 2.75) is 45.6 Å². The number of hydrogen-bond donors (Lipinski definition) is 1. The first-order chi connectivity index (χ1) is 7.28. The minimum Gasteiger partial charge on any atom is -0.329 e. The molecular weight excluding hydrogens is 224 g/mol. The summed E-state index contributed by atoms with van der Waals surface area (Å²) in [4.78, 5) is 0. The van der Waals surface area contributed by atoms with Crippen molar-refractivity contribution >= 4 is 10.0 Å². The summed E-state index contributed by atoms with van der Waals surface area (Å²) in [6.45, 7) is 4.69. The van der Waals surface area contributed by atoms with E-state index in [-0.39, 0.29) is 18.3 Å². The minimum atomic E-state index is -3.14. The van der Waals surface area contributed by atoms with E-state index in [9.17, 15) is 8.42 Å². The van der Waals surface area contributed by atoms with Gasteiger partial charge in [-0.05, 0) is 31.1 Å². The Balaban J connectivity index is 2.60. The molecular formula is C11H24N2O2S. The molecule has 0 radical (unpaired) electrons. The van der Waals surface area contributed by atoms with E-state index in [4.69, 9.17) is 5.73 Å². The van der Waals surface area contributed by atoms with Crippen molar-refractivity contribution in [2.75, 3.05) is 19.3 Å². The van der Waals surface area contributed by atoms with E-state index in [1.807, 2.05) is 0 Å². The Labute approximate surface area is 99.2 Å². The first kappa shape index (κ1) is 13.9. The highest BCUT2D eigenvalue weighted by Crippen LogP contribution is 2.37. The maximum Gasteiger partial charge on any atom is 0.215 e. The number of nitrogens with two attached hydrogens (primary N) is 1. The molecule has 16 heavy (non-hydrogen) atoms. The fourth-order valence-corrected chi connectivity index (χ4v) is 3.52. The van der Waals surface area contributed by atoms with Gasteiger partial charge in [0.15, 0.2) is 0 Å². The lowest BCUT2D eigenvalue weighted by Crippen LogP contribution is -2.42. The third-order valence-corrected chi connectivity index (χ3v) is 5.56. The van der Waals surface area contributed by atoms with Crippen LogP contribution in [0.4, 0.5) is 0 Å². The smallest absolute Gasteiger partial charge is 0.215 e. The Kier molecular flexibility index (Phi) is 4.37. The van der Waals surface area contributed by atoms with E-state index in [1.165, 1.54) is 4.31 Å². The lowest BCUT2D eigenvalue weighted by Gasteiger charge is -2.38. The summed E-state index contributed by atoms with van der Waals surface area (Å²) in [6.07, 6.45) is 4.13. The average Bonchev–Trinajstić information content (AvgIpc) is 2.16. The van der Waals surface area contributed by atoms with Crippen LogP contribution in [0, 0.1) is 5.41 Å². The molecule has 1 fully saturated rings. The van der Waals surface area contributed by atoms with Crippen LogP contribution in [0.2, 0.25) is 0 Å². The van der Waals surface area contributed by atoms with Crippen LogP contribution in [-0.2, 0) is 10.0 Å². The van der Waals surface area contributed by atoms with Crippen LogP contribution in [0.25, 0.3) is 0 Å². The zero-order valence-corrected chi connectivity index (χ0v) is 11.4. The van der Waals surface area contributed by atoms with Gasteiger partial charge >= 0.3 is 0 Å². The normalized spacial score (nSPS) is 22.6. The van der Waals surface area contributed by atoms with E-state index < -0.39 is 10.0 Å². The van der Waals surface area contributed by atoms with Gasteiger partial charge in [0, 0.05) is 19.6 Å². The van der Waals surface area contributed by atoms with Crippen molar-refractivity contribution in [3.05, 3.63) is 0 Å². The molecule has 0 heterocycles. The van der Waals surface area contributed by atoms with Crippen LogP contribution in [0.15, 0.2) is 0 Å². The molecule has 0 saturated heterocycles. The topological polar surface area (TPSA) is 63.4 Å². The highest BCUT2D eigenvalue weighted by atomic mass is 32.2. The summed E-state index contributed by atoms with van der Waals surface area (Å²) in [5.74, 6) is 0.0589. The quantitative estimate of drug-likeness (QED) is 0.812. The molecule has 0 aromatic rings. The lowest BCUT2D eigenvalue weighted by molar-refractivity contribution is 0.174. The number of rotatable bonds is 4. The first-order valence-electron chi connectivity index (χ1n) is 5.94. The van der Waals surface area contributed by atoms with Gasteiger partial charge in [-0.3, -0.25) is 0 Å². The second kappa shape index (κ2) is 5.02. The third-order valence-electron chi connectivity index (χ3n) is 3.64. The second-order valence-electron chi connectivity index (χ2n) is 5.52. The lowest BCUT2D eigenvalue weighted by atomic mass is 9.76. The van der Waals surface area contributed by atoms with Gasteiger partial charge in [0.25, 0.3) is 0 Å². The molecule has 0 aliphatic heterocycles. The van der Waals surface area contributed by atoms with Crippen LogP contribution < -0.4 is 5.73 Å². The number of nitrogens with zero attached hydrogens (tertiary/aromatic N) is 1. The van der Waals surface area contributed by atoms with Gasteiger partial charge in [0.1, 0.15) is 0 Å². The van der Waals surface area contributed by atoms with Crippen LogP contribution >= 0.6 is 0 Å². The van der Waals surface area contributed by atoms with Gasteiger partial charge in [-0.2, -0.15) is 0 Å². The number of sulfonamides is 1. The molecule has 0 amide bonds. The van der Waals surface area contributed by atoms with Gasteiger partial charge in [0.05, 0.1) is 5.75 Å². The molecule has 1 aliphatic carbocycles. The maximum atomic E-state index is 11.8. The molecule has 0 bridgehead atoms. The second-order valence-corrected chi connectivity index (χ2v) is 7.66. The molecule has 0 spiro atoms. The summed E-state index contributed by atoms with van der Waals surface area (Å²) in [5.41, 5.74) is 5.69. The predicted molar refractivity (Wildman–Crippen MR) is 66.6 cm³/mol. The fourth-order valence-electron chi connectivity index (χ4n) is 2.27. The van der Waals surface area contributed by atoms with E-state index in [1.54, 1.807) is 7.05 Å². The van der Waals surface area contributed by atoms with E-state index in [0.717, 1.165) is 25.7 Å². The SMILES string of the molecule is CN(C1CCC(C)(C)CC1)S(=O)(=O)CCN. The Hall–Kier alpha value is -0.130. The molecule has 0 aromatic carbocycles. The largest absolute Gasteiger partial charge is 0.329 e. The van der Waals surface area contributed by atoms with Crippen molar-refractivity contribution in [1.82, 2.24) is 4.31 Å². The van der Waals surface area contributed by atoms with Crippen molar-refractivity contribution in [2.24, 2.45) is 11.1 Å². The fraction of sp³-hybridized carbons (Fsp3) is 1.00. The van der Waals surface area contributed by atoms with Gasteiger partial charge in [-0.1, -0.05) is 13.8 Å². The predicted octanol–water partition coefficient (Wildman–Crippen LogP) is 1.18. The van der Waals surface area contributed by atoms with Gasteiger partial charge in [-0.15, -0.1) is 0 Å². The van der Waals surface area contributed by atoms with Gasteiger partial charge < -0.3 is 5.73 Å². The molecule has 0 atom stereocenters. The Morgan fingerprint density at radius 1 is 1.31 bits per heavy atom. The first-order valence-corrected chi connectivity index (χ1v) is 7.55. The Bertz CT molecular complexity index is 315. The van der Waals surface area contributed by atoms with Gasteiger partial charge in [0.2, 0.25) is 10.0 Å². The van der Waals surface area contributed by atoms with Crippen LogP contribution in [0.3, 0.4) is 0 Å². The van der Waals surface area contributed by atoms with Crippen LogP contribution in [-0.4, -0.2) is 38.1 Å². The van der Waals surface area contributed by atoms with Crippen molar-refractivity contribution in [3.8, 4) is 0 Å². The van der Waals surface area contributed by atoms with E-state index in [2.05, 4.69) is 13.8 Å². The molecule has 0 aromatic heterocycles. The Morgan fingerprint density at radius 2 is 1.81 bits per heavy atom. The zero-order chi connectivity index (χ0) is 12.4. The van der Waals surface area contributed by atoms with E-state index >= 15 is 0 Å². The molecule has 1 aliphatic rings. The monoisotopic (exact) mass is 248 g/mol. The van der Waals surface area contributed by atoms with Crippen LogP contribution in [0.5, 0.6) is 0 Å². The van der Waals surface area contributed by atoms with Crippen molar-refractivity contribution in [1.29, 1.82) is 0 Å². The average molecular weight is 248 g/mol. The standard InChI is InChI=1S/C11H24N2O2S/c1-11(2)6-4-10(5-7-11)13(3)16(14,15)9-8-12/h10H,4-9,12H2,1-3H3. The number of hydrogen-bond acceptors (Lipinski definition) is 3. The molecule has 2 N–H and O–H groups in total. The van der Waals surface area contributed by atoms with Crippen LogP contribution in [0.1, 0.15) is 39.5 Å². The van der Waals surface area contributed by atoms with Crippen molar-refractivity contribution < 1.29 is 8.42 Å². The molecule has 1 saturated carbocycles. The Morgan fingerprint density at radius 3 is 2.25 bits per heavy atom. The molecule has 1 rings (SSSR count). The zero-order valence-electron chi connectivity index (χ0n) is 10.6. The maximum absolute atomic E-state index is 11.8. The third kappa shape index (κ3) is 3.43. The van der Waals surface area contributed by atoms with E-state index in [0.29, 0.717) is 5.41 Å². The summed E-state index contributed by atoms with van der Waals surface area (Å²) in [6, 6.07) is 0.171.